The minimum Gasteiger partial charge on any atom is -0.504 e. The van der Waals surface area contributed by atoms with Crippen LogP contribution in [-0.4, -0.2) is 38.1 Å². The number of ether oxygens (including phenoxy) is 3. The lowest BCUT2D eigenvalue weighted by atomic mass is 9.74. The Balaban J connectivity index is 1.85. The van der Waals surface area contributed by atoms with E-state index in [-0.39, 0.29) is 11.5 Å². The van der Waals surface area contributed by atoms with Crippen LogP contribution in [-0.2, 0) is 24.8 Å². The molecular formula is C26H29NO5. The molecule has 0 saturated heterocycles. The van der Waals surface area contributed by atoms with Crippen molar-refractivity contribution in [2.24, 2.45) is 0 Å². The highest BCUT2D eigenvalue weighted by molar-refractivity contribution is 5.55. The van der Waals surface area contributed by atoms with E-state index in [0.29, 0.717) is 30.1 Å². The van der Waals surface area contributed by atoms with Gasteiger partial charge in [-0.05, 0) is 65.8 Å². The molecule has 1 aliphatic heterocycles. The van der Waals surface area contributed by atoms with Crippen LogP contribution in [0.4, 0.5) is 0 Å². The van der Waals surface area contributed by atoms with E-state index in [1.807, 2.05) is 30.3 Å². The van der Waals surface area contributed by atoms with Crippen molar-refractivity contribution in [3.63, 3.8) is 0 Å². The monoisotopic (exact) mass is 435 g/mol. The number of hydrogen-bond donors (Lipinski definition) is 3. The fourth-order valence-corrected chi connectivity index (χ4v) is 4.71. The van der Waals surface area contributed by atoms with Gasteiger partial charge >= 0.3 is 0 Å². The first-order valence-corrected chi connectivity index (χ1v) is 10.6. The van der Waals surface area contributed by atoms with Crippen molar-refractivity contribution in [3.8, 4) is 28.7 Å². The van der Waals surface area contributed by atoms with Gasteiger partial charge < -0.3 is 29.7 Å². The van der Waals surface area contributed by atoms with Crippen molar-refractivity contribution in [2.75, 3.05) is 27.9 Å². The minimum atomic E-state index is -0.495. The van der Waals surface area contributed by atoms with E-state index in [0.717, 1.165) is 29.7 Å². The zero-order valence-corrected chi connectivity index (χ0v) is 18.6. The molecule has 4 rings (SSSR count). The van der Waals surface area contributed by atoms with Gasteiger partial charge in [0.2, 0.25) is 5.75 Å². The molecule has 0 aromatic heterocycles. The number of rotatable bonds is 7. The summed E-state index contributed by atoms with van der Waals surface area (Å²) in [6.07, 6.45) is 2.10. The summed E-state index contributed by atoms with van der Waals surface area (Å²) in [5.74, 6) is 1.54. The summed E-state index contributed by atoms with van der Waals surface area (Å²) in [6.45, 7) is 0.758. The number of phenolic OH excluding ortho intramolecular Hbond substituents is 2. The lowest BCUT2D eigenvalue weighted by Gasteiger charge is -2.41. The Bertz CT molecular complexity index is 1070. The molecule has 0 aliphatic carbocycles. The van der Waals surface area contributed by atoms with E-state index in [4.69, 9.17) is 14.2 Å². The molecule has 1 unspecified atom stereocenters. The van der Waals surface area contributed by atoms with Crippen LogP contribution in [0.1, 0.15) is 22.3 Å². The number of benzene rings is 3. The van der Waals surface area contributed by atoms with Gasteiger partial charge in [-0.3, -0.25) is 0 Å². The van der Waals surface area contributed by atoms with Crippen LogP contribution in [0, 0.1) is 0 Å². The lowest BCUT2D eigenvalue weighted by Crippen LogP contribution is -2.50. The molecule has 168 valence electrons. The summed E-state index contributed by atoms with van der Waals surface area (Å²) in [5, 5.41) is 24.2. The number of nitrogens with one attached hydrogen (secondary N) is 1. The van der Waals surface area contributed by atoms with Crippen LogP contribution in [0.25, 0.3) is 0 Å². The van der Waals surface area contributed by atoms with Gasteiger partial charge in [0.15, 0.2) is 23.0 Å². The summed E-state index contributed by atoms with van der Waals surface area (Å²) in [7, 11) is 4.80. The zero-order valence-electron chi connectivity index (χ0n) is 18.6. The third-order valence-corrected chi connectivity index (χ3v) is 6.15. The van der Waals surface area contributed by atoms with Crippen LogP contribution in [0.3, 0.4) is 0 Å². The van der Waals surface area contributed by atoms with E-state index in [9.17, 15) is 10.2 Å². The highest BCUT2D eigenvalue weighted by Gasteiger charge is 2.38. The van der Waals surface area contributed by atoms with Gasteiger partial charge in [0, 0.05) is 6.54 Å². The van der Waals surface area contributed by atoms with Gasteiger partial charge in [-0.1, -0.05) is 30.3 Å². The maximum atomic E-state index is 10.3. The van der Waals surface area contributed by atoms with Crippen LogP contribution in [0.5, 0.6) is 28.7 Å². The number of hydrogen-bond acceptors (Lipinski definition) is 6. The van der Waals surface area contributed by atoms with Crippen molar-refractivity contribution in [1.29, 1.82) is 0 Å². The Morgan fingerprint density at radius 3 is 2.06 bits per heavy atom. The van der Waals surface area contributed by atoms with Crippen molar-refractivity contribution < 1.29 is 24.4 Å². The average molecular weight is 436 g/mol. The first-order valence-electron chi connectivity index (χ1n) is 10.6. The summed E-state index contributed by atoms with van der Waals surface area (Å²) in [5.41, 5.74) is 3.69. The molecule has 1 aliphatic rings. The Kier molecular flexibility index (Phi) is 6.15. The van der Waals surface area contributed by atoms with Gasteiger partial charge in [0.25, 0.3) is 0 Å². The average Bonchev–Trinajstić information content (AvgIpc) is 2.80. The van der Waals surface area contributed by atoms with Crippen molar-refractivity contribution >= 4 is 0 Å². The number of phenols is 2. The summed E-state index contributed by atoms with van der Waals surface area (Å²) < 4.78 is 16.6. The minimum absolute atomic E-state index is 0.0907. The summed E-state index contributed by atoms with van der Waals surface area (Å²) in [4.78, 5) is 0. The van der Waals surface area contributed by atoms with Gasteiger partial charge in [0.05, 0.1) is 26.9 Å². The molecule has 0 bridgehead atoms. The molecule has 0 fully saturated rings. The van der Waals surface area contributed by atoms with E-state index in [2.05, 4.69) is 17.4 Å². The highest BCUT2D eigenvalue weighted by Crippen LogP contribution is 2.43. The number of fused-ring (bicyclic) bond motifs is 1. The fraction of sp³-hybridized carbons (Fsp3) is 0.308. The second-order valence-electron chi connectivity index (χ2n) is 8.13. The fourth-order valence-electron chi connectivity index (χ4n) is 4.71. The van der Waals surface area contributed by atoms with Gasteiger partial charge in [0.1, 0.15) is 0 Å². The molecule has 3 aromatic carbocycles. The van der Waals surface area contributed by atoms with E-state index < -0.39 is 5.54 Å². The number of aromatic hydroxyl groups is 2. The van der Waals surface area contributed by atoms with E-state index in [1.165, 1.54) is 5.56 Å². The third-order valence-electron chi connectivity index (χ3n) is 6.15. The van der Waals surface area contributed by atoms with Crippen molar-refractivity contribution in [2.45, 2.75) is 24.8 Å². The molecule has 0 saturated carbocycles. The Labute approximate surface area is 188 Å². The maximum absolute atomic E-state index is 10.3. The topological polar surface area (TPSA) is 80.2 Å². The Hall–Kier alpha value is -3.38. The molecule has 6 heteroatoms. The molecule has 3 N–H and O–H groups in total. The van der Waals surface area contributed by atoms with Crippen molar-refractivity contribution in [3.05, 3.63) is 76.9 Å². The Morgan fingerprint density at radius 2 is 1.44 bits per heavy atom. The molecule has 0 radical (unpaired) electrons. The normalized spacial score (nSPS) is 17.5. The standard InChI is InChI=1S/C26H29NO5/c1-30-23-11-18(12-24(31-2)25(23)32-3)16-26(15-17-7-5-4-6-8-17)20-14-22(29)21(28)13-19(20)9-10-27-26/h4-8,11-14,27-29H,9-10,15-16H2,1-3H3. The predicted molar refractivity (Wildman–Crippen MR) is 123 cm³/mol. The molecule has 0 spiro atoms. The van der Waals surface area contributed by atoms with Crippen LogP contribution in [0.2, 0.25) is 0 Å². The first-order chi connectivity index (χ1) is 15.5. The molecule has 6 nitrogen and oxygen atoms in total. The largest absolute Gasteiger partial charge is 0.504 e. The zero-order chi connectivity index (χ0) is 22.7. The van der Waals surface area contributed by atoms with Gasteiger partial charge in [-0.15, -0.1) is 0 Å². The molecular weight excluding hydrogens is 406 g/mol. The van der Waals surface area contributed by atoms with Crippen LogP contribution >= 0.6 is 0 Å². The lowest BCUT2D eigenvalue weighted by molar-refractivity contribution is 0.301. The van der Waals surface area contributed by atoms with E-state index >= 15 is 0 Å². The second kappa shape index (κ2) is 9.01. The van der Waals surface area contributed by atoms with Crippen LogP contribution in [0.15, 0.2) is 54.6 Å². The summed E-state index contributed by atoms with van der Waals surface area (Å²) in [6, 6.07) is 17.6. The Morgan fingerprint density at radius 1 is 0.812 bits per heavy atom. The molecule has 1 atom stereocenters. The summed E-state index contributed by atoms with van der Waals surface area (Å²) >= 11 is 0. The molecule has 32 heavy (non-hydrogen) atoms. The quantitative estimate of drug-likeness (QED) is 0.488. The van der Waals surface area contributed by atoms with Gasteiger partial charge in [-0.2, -0.15) is 0 Å². The maximum Gasteiger partial charge on any atom is 0.203 e. The first kappa shape index (κ1) is 21.8. The second-order valence-corrected chi connectivity index (χ2v) is 8.13. The van der Waals surface area contributed by atoms with Gasteiger partial charge in [-0.25, -0.2) is 0 Å². The predicted octanol–water partition coefficient (Wildman–Crippen LogP) is 3.95. The molecule has 0 amide bonds. The molecule has 1 heterocycles. The SMILES string of the molecule is COc1cc(CC2(Cc3ccccc3)NCCc3cc(O)c(O)cc32)cc(OC)c1OC. The van der Waals surface area contributed by atoms with E-state index in [1.54, 1.807) is 33.5 Å². The highest BCUT2D eigenvalue weighted by atomic mass is 16.5. The van der Waals surface area contributed by atoms with Crippen LogP contribution < -0.4 is 19.5 Å². The number of methoxy groups -OCH3 is 3. The van der Waals surface area contributed by atoms with Crippen molar-refractivity contribution in [1.82, 2.24) is 5.32 Å². The third kappa shape index (κ3) is 4.06. The smallest absolute Gasteiger partial charge is 0.203 e. The molecule has 3 aromatic rings.